The van der Waals surface area contributed by atoms with Crippen LogP contribution in [0.15, 0.2) is 78.9 Å². The largest absolute Gasteiger partial charge is 0.479 e. The first-order chi connectivity index (χ1) is 16.7. The van der Waals surface area contributed by atoms with E-state index in [-0.39, 0.29) is 23.7 Å². The van der Waals surface area contributed by atoms with Gasteiger partial charge in [-0.05, 0) is 54.8 Å². The number of ether oxygens (including phenoxy) is 2. The Bertz CT molecular complexity index is 1210. The lowest BCUT2D eigenvalue weighted by molar-refractivity contribution is -0.139. The third-order valence-electron chi connectivity index (χ3n) is 6.31. The molecule has 4 nitrogen and oxygen atoms in total. The van der Waals surface area contributed by atoms with Crippen LogP contribution < -0.4 is 4.74 Å². The van der Waals surface area contributed by atoms with Crippen LogP contribution in [0, 0.1) is 11.7 Å². The summed E-state index contributed by atoms with van der Waals surface area (Å²) < 4.78 is 26.9. The predicted molar refractivity (Wildman–Crippen MR) is 135 cm³/mol. The zero-order valence-electron chi connectivity index (χ0n) is 19.1. The molecule has 3 aromatic carbocycles. The minimum Gasteiger partial charge on any atom is -0.479 e. The Labute approximate surface area is 213 Å². The highest BCUT2D eigenvalue weighted by molar-refractivity contribution is 6.30. The van der Waals surface area contributed by atoms with Crippen LogP contribution >= 0.6 is 23.2 Å². The van der Waals surface area contributed by atoms with Crippen LogP contribution in [0.5, 0.6) is 5.75 Å². The topological polar surface area (TPSA) is 55.8 Å². The number of benzene rings is 3. The van der Waals surface area contributed by atoms with Crippen molar-refractivity contribution in [2.45, 2.75) is 31.5 Å². The second-order valence-corrected chi connectivity index (χ2v) is 9.59. The molecule has 0 aliphatic carbocycles. The number of halogens is 3. The van der Waals surface area contributed by atoms with Crippen LogP contribution in [0.3, 0.4) is 0 Å². The van der Waals surface area contributed by atoms with E-state index >= 15 is 0 Å². The molecule has 1 fully saturated rings. The first-order valence-corrected chi connectivity index (χ1v) is 11.9. The lowest BCUT2D eigenvalue weighted by Crippen LogP contribution is -2.32. The standard InChI is InChI=1S/C28H25Cl2FO4/c1-16(2)22-14-23(17-6-10-19(29)11-7-17)26(18-8-12-20(30)13-9-18)35-27(22)21-4-3-5-24(31)28(21)34-15-25(32)33/h3-13,22-23,26-27H,1,14-15H2,2H3,(H,32,33)/t22-,23-,26+,27-/m1/s1. The van der Waals surface area contributed by atoms with Gasteiger partial charge in [-0.1, -0.05) is 71.8 Å². The van der Waals surface area contributed by atoms with Gasteiger partial charge in [-0.15, -0.1) is 0 Å². The molecule has 0 bridgehead atoms. The molecule has 4 rings (SSSR count). The van der Waals surface area contributed by atoms with Crippen molar-refractivity contribution in [3.05, 3.63) is 111 Å². The maximum Gasteiger partial charge on any atom is 0.341 e. The number of carboxylic acids is 1. The lowest BCUT2D eigenvalue weighted by Gasteiger charge is -2.43. The van der Waals surface area contributed by atoms with Gasteiger partial charge in [0.2, 0.25) is 0 Å². The van der Waals surface area contributed by atoms with E-state index < -0.39 is 24.5 Å². The molecule has 0 saturated carbocycles. The molecule has 0 aromatic heterocycles. The highest BCUT2D eigenvalue weighted by Gasteiger charge is 2.42. The second kappa shape index (κ2) is 10.8. The average Bonchev–Trinajstić information content (AvgIpc) is 2.83. The molecule has 1 aliphatic rings. The summed E-state index contributed by atoms with van der Waals surface area (Å²) in [5, 5.41) is 10.3. The van der Waals surface area contributed by atoms with E-state index in [1.165, 1.54) is 6.07 Å². The quantitative estimate of drug-likeness (QED) is 0.327. The zero-order chi connectivity index (χ0) is 25.1. The monoisotopic (exact) mass is 514 g/mol. The fourth-order valence-corrected chi connectivity index (χ4v) is 4.89. The molecule has 182 valence electrons. The summed E-state index contributed by atoms with van der Waals surface area (Å²) in [7, 11) is 0. The number of carbonyl (C=O) groups is 1. The van der Waals surface area contributed by atoms with E-state index in [4.69, 9.17) is 37.8 Å². The zero-order valence-corrected chi connectivity index (χ0v) is 20.6. The molecule has 0 unspecified atom stereocenters. The third-order valence-corrected chi connectivity index (χ3v) is 6.81. The number of aliphatic carboxylic acids is 1. The van der Waals surface area contributed by atoms with Crippen LogP contribution in [-0.2, 0) is 9.53 Å². The van der Waals surface area contributed by atoms with Gasteiger partial charge in [-0.2, -0.15) is 0 Å². The molecule has 3 aromatic rings. The van der Waals surface area contributed by atoms with Gasteiger partial charge in [-0.25, -0.2) is 9.18 Å². The Hall–Kier alpha value is -2.86. The first kappa shape index (κ1) is 25.2. The molecule has 35 heavy (non-hydrogen) atoms. The molecule has 7 heteroatoms. The number of rotatable bonds is 7. The van der Waals surface area contributed by atoms with Gasteiger partial charge >= 0.3 is 5.97 Å². The molecular formula is C28H25Cl2FO4. The summed E-state index contributed by atoms with van der Waals surface area (Å²) in [6.07, 6.45) is -0.315. The van der Waals surface area contributed by atoms with Gasteiger partial charge in [0.15, 0.2) is 18.2 Å². The van der Waals surface area contributed by atoms with Gasteiger partial charge in [0, 0.05) is 27.4 Å². The smallest absolute Gasteiger partial charge is 0.341 e. The Morgan fingerprint density at radius 3 is 2.20 bits per heavy atom. The third kappa shape index (κ3) is 5.69. The molecule has 1 saturated heterocycles. The molecule has 0 radical (unpaired) electrons. The van der Waals surface area contributed by atoms with E-state index in [0.717, 1.165) is 16.7 Å². The normalized spacial score (nSPS) is 21.9. The molecule has 0 amide bonds. The van der Waals surface area contributed by atoms with Gasteiger partial charge in [-0.3, -0.25) is 0 Å². The molecule has 4 atom stereocenters. The average molecular weight is 515 g/mol. The second-order valence-electron chi connectivity index (χ2n) is 8.72. The summed E-state index contributed by atoms with van der Waals surface area (Å²) in [5.74, 6) is -2.17. The van der Waals surface area contributed by atoms with Crippen molar-refractivity contribution in [2.24, 2.45) is 5.92 Å². The van der Waals surface area contributed by atoms with Gasteiger partial charge < -0.3 is 14.6 Å². The molecule has 1 N–H and O–H groups in total. The highest BCUT2D eigenvalue weighted by Crippen LogP contribution is 2.53. The van der Waals surface area contributed by atoms with E-state index in [9.17, 15) is 9.18 Å². The van der Waals surface area contributed by atoms with Crippen molar-refractivity contribution in [3.63, 3.8) is 0 Å². The van der Waals surface area contributed by atoms with E-state index in [0.29, 0.717) is 22.0 Å². The van der Waals surface area contributed by atoms with E-state index in [1.807, 2.05) is 55.5 Å². The molecule has 0 spiro atoms. The molecule has 1 heterocycles. The van der Waals surface area contributed by atoms with E-state index in [2.05, 4.69) is 6.58 Å². The van der Waals surface area contributed by atoms with Gasteiger partial charge in [0.25, 0.3) is 0 Å². The van der Waals surface area contributed by atoms with Crippen molar-refractivity contribution in [2.75, 3.05) is 6.61 Å². The van der Waals surface area contributed by atoms with Crippen molar-refractivity contribution < 1.29 is 23.8 Å². The summed E-state index contributed by atoms with van der Waals surface area (Å²) in [6, 6.07) is 19.6. The summed E-state index contributed by atoms with van der Waals surface area (Å²) >= 11 is 12.3. The minimum absolute atomic E-state index is 0.0386. The summed E-state index contributed by atoms with van der Waals surface area (Å²) in [5.41, 5.74) is 3.30. The maximum absolute atomic E-state index is 14.8. The van der Waals surface area contributed by atoms with Crippen LogP contribution in [-0.4, -0.2) is 17.7 Å². The van der Waals surface area contributed by atoms with Crippen molar-refractivity contribution in [1.82, 2.24) is 0 Å². The van der Waals surface area contributed by atoms with Crippen molar-refractivity contribution >= 4 is 29.2 Å². The highest BCUT2D eigenvalue weighted by atomic mass is 35.5. The minimum atomic E-state index is -1.19. The SMILES string of the molecule is C=C(C)[C@H]1C[C@H](c2ccc(Cl)cc2)[C@H](c2ccc(Cl)cc2)O[C@@H]1c1cccc(F)c1OCC(=O)O. The van der Waals surface area contributed by atoms with Gasteiger partial charge in [0.1, 0.15) is 0 Å². The number of carboxylic acid groups (broad SMARTS) is 1. The van der Waals surface area contributed by atoms with Gasteiger partial charge in [0.05, 0.1) is 12.2 Å². The molecular weight excluding hydrogens is 490 g/mol. The van der Waals surface area contributed by atoms with Crippen molar-refractivity contribution in [3.8, 4) is 5.75 Å². The Balaban J connectivity index is 1.80. The molecule has 1 aliphatic heterocycles. The first-order valence-electron chi connectivity index (χ1n) is 11.2. The lowest BCUT2D eigenvalue weighted by atomic mass is 9.74. The number of para-hydroxylation sites is 1. The van der Waals surface area contributed by atoms with Crippen LogP contribution in [0.1, 0.15) is 48.2 Å². The van der Waals surface area contributed by atoms with Crippen LogP contribution in [0.25, 0.3) is 0 Å². The predicted octanol–water partition coefficient (Wildman–Crippen LogP) is 7.77. The number of hydrogen-bond acceptors (Lipinski definition) is 3. The summed E-state index contributed by atoms with van der Waals surface area (Å²) in [6.45, 7) is 5.44. The number of hydrogen-bond donors (Lipinski definition) is 1. The Morgan fingerprint density at radius 2 is 1.63 bits per heavy atom. The fraction of sp³-hybridized carbons (Fsp3) is 0.250. The summed E-state index contributed by atoms with van der Waals surface area (Å²) in [4.78, 5) is 11.1. The fourth-order valence-electron chi connectivity index (χ4n) is 4.64. The Morgan fingerprint density at radius 1 is 1.03 bits per heavy atom. The maximum atomic E-state index is 14.8. The van der Waals surface area contributed by atoms with Crippen LogP contribution in [0.2, 0.25) is 10.0 Å². The Kier molecular flexibility index (Phi) is 7.80. The van der Waals surface area contributed by atoms with Crippen molar-refractivity contribution in [1.29, 1.82) is 0 Å². The van der Waals surface area contributed by atoms with E-state index in [1.54, 1.807) is 12.1 Å². The van der Waals surface area contributed by atoms with Crippen LogP contribution in [0.4, 0.5) is 4.39 Å².